The van der Waals surface area contributed by atoms with Crippen LogP contribution in [-0.4, -0.2) is 42.0 Å². The molecule has 2 amide bonds. The highest BCUT2D eigenvalue weighted by Crippen LogP contribution is 2.22. The average Bonchev–Trinajstić information content (AvgIpc) is 2.67. The van der Waals surface area contributed by atoms with Crippen molar-refractivity contribution in [2.45, 2.75) is 6.54 Å². The Balaban J connectivity index is 1.51. The first-order valence-corrected chi connectivity index (χ1v) is 9.16. The van der Waals surface area contributed by atoms with Crippen LogP contribution in [-0.2, 0) is 6.54 Å². The van der Waals surface area contributed by atoms with Crippen LogP contribution >= 0.6 is 23.2 Å². The maximum absolute atomic E-state index is 12.4. The van der Waals surface area contributed by atoms with Crippen LogP contribution in [0.5, 0.6) is 0 Å². The number of anilines is 1. The lowest BCUT2D eigenvalue weighted by atomic mass is 10.2. The van der Waals surface area contributed by atoms with Crippen LogP contribution in [0.15, 0.2) is 42.5 Å². The number of rotatable bonds is 4. The summed E-state index contributed by atoms with van der Waals surface area (Å²) in [6.45, 7) is 2.78. The summed E-state index contributed by atoms with van der Waals surface area (Å²) < 4.78 is 0. The quantitative estimate of drug-likeness (QED) is 0.613. The number of nitrogens with zero attached hydrogens (tertiary/aromatic N) is 3. The van der Waals surface area contributed by atoms with Crippen molar-refractivity contribution >= 4 is 40.6 Å². The van der Waals surface area contributed by atoms with Gasteiger partial charge in [-0.15, -0.1) is 0 Å². The number of benzene rings is 2. The van der Waals surface area contributed by atoms with Crippen molar-refractivity contribution in [3.05, 3.63) is 68.2 Å². The molecule has 9 heteroatoms. The van der Waals surface area contributed by atoms with E-state index in [1.165, 1.54) is 12.1 Å². The van der Waals surface area contributed by atoms with E-state index in [0.717, 1.165) is 11.3 Å². The zero-order valence-corrected chi connectivity index (χ0v) is 15.9. The number of halogens is 2. The van der Waals surface area contributed by atoms with Gasteiger partial charge in [-0.3, -0.25) is 10.1 Å². The van der Waals surface area contributed by atoms with Gasteiger partial charge in [0.15, 0.2) is 0 Å². The highest BCUT2D eigenvalue weighted by molar-refractivity contribution is 6.35. The predicted molar refractivity (Wildman–Crippen MR) is 106 cm³/mol. The molecule has 0 aromatic heterocycles. The molecule has 1 aliphatic rings. The number of amides is 2. The van der Waals surface area contributed by atoms with Crippen LogP contribution in [0.2, 0.25) is 10.0 Å². The minimum Gasteiger partial charge on any atom is -0.368 e. The predicted octanol–water partition coefficient (Wildman–Crippen LogP) is 3.93. The molecule has 142 valence electrons. The molecule has 0 atom stereocenters. The van der Waals surface area contributed by atoms with Gasteiger partial charge in [-0.05, 0) is 29.8 Å². The second kappa shape index (κ2) is 8.45. The first-order chi connectivity index (χ1) is 12.9. The van der Waals surface area contributed by atoms with E-state index >= 15 is 0 Å². The highest BCUT2D eigenvalue weighted by atomic mass is 35.5. The molecular formula is C18H18Cl2N4O3. The summed E-state index contributed by atoms with van der Waals surface area (Å²) in [5, 5.41) is 14.7. The van der Waals surface area contributed by atoms with E-state index in [2.05, 4.69) is 10.2 Å². The normalized spacial score (nSPS) is 14.1. The average molecular weight is 409 g/mol. The maximum atomic E-state index is 12.4. The van der Waals surface area contributed by atoms with Gasteiger partial charge in [-0.2, -0.15) is 0 Å². The standard InChI is InChI=1S/C18H18Cl2N4O3/c19-14-2-1-13(17(20)11-14)12-21-18(25)23-9-7-22(8-10-23)15-3-5-16(6-4-15)24(26)27/h1-6,11H,7-10,12H2,(H,21,25). The van der Waals surface area contributed by atoms with Gasteiger partial charge in [-0.1, -0.05) is 29.3 Å². The van der Waals surface area contributed by atoms with Crippen LogP contribution in [0.4, 0.5) is 16.2 Å². The molecular weight excluding hydrogens is 391 g/mol. The second-order valence-corrected chi connectivity index (χ2v) is 6.99. The maximum Gasteiger partial charge on any atom is 0.317 e. The summed E-state index contributed by atoms with van der Waals surface area (Å²) in [4.78, 5) is 26.5. The first-order valence-electron chi connectivity index (χ1n) is 8.40. The van der Waals surface area contributed by atoms with Gasteiger partial charge >= 0.3 is 6.03 Å². The SMILES string of the molecule is O=C(NCc1ccc(Cl)cc1Cl)N1CCN(c2ccc([N+](=O)[O-])cc2)CC1. The van der Waals surface area contributed by atoms with Crippen LogP contribution in [0.25, 0.3) is 0 Å². The summed E-state index contributed by atoms with van der Waals surface area (Å²) in [5.74, 6) is 0. The highest BCUT2D eigenvalue weighted by Gasteiger charge is 2.21. The number of urea groups is 1. The molecule has 1 N–H and O–H groups in total. The summed E-state index contributed by atoms with van der Waals surface area (Å²) in [6.07, 6.45) is 0. The fraction of sp³-hybridized carbons (Fsp3) is 0.278. The Labute approximate surface area is 166 Å². The van der Waals surface area contributed by atoms with E-state index in [1.807, 2.05) is 0 Å². The molecule has 0 saturated carbocycles. The Bertz CT molecular complexity index is 837. The molecule has 7 nitrogen and oxygen atoms in total. The third-order valence-electron chi connectivity index (χ3n) is 4.44. The minimum atomic E-state index is -0.418. The molecule has 0 radical (unpaired) electrons. The number of nitrogens with one attached hydrogen (secondary N) is 1. The minimum absolute atomic E-state index is 0.0672. The molecule has 1 saturated heterocycles. The van der Waals surface area contributed by atoms with Crippen molar-refractivity contribution in [1.29, 1.82) is 0 Å². The molecule has 0 spiro atoms. The van der Waals surface area contributed by atoms with Crippen molar-refractivity contribution in [2.24, 2.45) is 0 Å². The zero-order chi connectivity index (χ0) is 19.4. The van der Waals surface area contributed by atoms with Gasteiger partial charge in [0.05, 0.1) is 4.92 Å². The molecule has 2 aromatic rings. The van der Waals surface area contributed by atoms with Crippen LogP contribution < -0.4 is 10.2 Å². The first kappa shape index (κ1) is 19.3. The van der Waals surface area contributed by atoms with Crippen LogP contribution in [0, 0.1) is 10.1 Å². The van der Waals surface area contributed by atoms with Gasteiger partial charge in [0.25, 0.3) is 5.69 Å². The third kappa shape index (κ3) is 4.81. The van der Waals surface area contributed by atoms with Crippen molar-refractivity contribution < 1.29 is 9.72 Å². The van der Waals surface area contributed by atoms with E-state index in [-0.39, 0.29) is 11.7 Å². The topological polar surface area (TPSA) is 78.7 Å². The van der Waals surface area contributed by atoms with Gasteiger partial charge < -0.3 is 15.1 Å². The van der Waals surface area contributed by atoms with E-state index in [4.69, 9.17) is 23.2 Å². The molecule has 3 rings (SSSR count). The monoisotopic (exact) mass is 408 g/mol. The van der Waals surface area contributed by atoms with Crippen molar-refractivity contribution in [3.63, 3.8) is 0 Å². The van der Waals surface area contributed by atoms with Crippen molar-refractivity contribution in [2.75, 3.05) is 31.1 Å². The lowest BCUT2D eigenvalue weighted by molar-refractivity contribution is -0.384. The summed E-state index contributed by atoms with van der Waals surface area (Å²) in [5.41, 5.74) is 1.78. The Morgan fingerprint density at radius 2 is 1.74 bits per heavy atom. The molecule has 1 aliphatic heterocycles. The fourth-order valence-corrected chi connectivity index (χ4v) is 3.38. The number of non-ortho nitro benzene ring substituents is 1. The largest absolute Gasteiger partial charge is 0.368 e. The molecule has 0 aliphatic carbocycles. The second-order valence-electron chi connectivity index (χ2n) is 6.14. The smallest absolute Gasteiger partial charge is 0.317 e. The number of hydrogen-bond donors (Lipinski definition) is 1. The van der Waals surface area contributed by atoms with E-state index in [0.29, 0.717) is 42.8 Å². The van der Waals surface area contributed by atoms with Crippen molar-refractivity contribution in [1.82, 2.24) is 10.2 Å². The Kier molecular flexibility index (Phi) is 6.03. The number of carbonyl (C=O) groups is 1. The Morgan fingerprint density at radius 3 is 2.33 bits per heavy atom. The van der Waals surface area contributed by atoms with Gasteiger partial charge in [0, 0.05) is 60.6 Å². The number of carbonyl (C=O) groups excluding carboxylic acids is 1. The Morgan fingerprint density at radius 1 is 1.07 bits per heavy atom. The number of nitro benzene ring substituents is 1. The molecule has 0 bridgehead atoms. The van der Waals surface area contributed by atoms with Crippen molar-refractivity contribution in [3.8, 4) is 0 Å². The van der Waals surface area contributed by atoms with E-state index < -0.39 is 4.92 Å². The molecule has 1 heterocycles. The number of hydrogen-bond acceptors (Lipinski definition) is 4. The van der Waals surface area contributed by atoms with E-state index in [1.54, 1.807) is 35.2 Å². The van der Waals surface area contributed by atoms with Gasteiger partial charge in [0.1, 0.15) is 0 Å². The lowest BCUT2D eigenvalue weighted by Gasteiger charge is -2.36. The summed E-state index contributed by atoms with van der Waals surface area (Å²) >= 11 is 12.0. The number of nitro groups is 1. The summed E-state index contributed by atoms with van der Waals surface area (Å²) in [6, 6.07) is 11.5. The molecule has 0 unspecified atom stereocenters. The van der Waals surface area contributed by atoms with Gasteiger partial charge in [0.2, 0.25) is 0 Å². The van der Waals surface area contributed by atoms with Gasteiger partial charge in [-0.25, -0.2) is 4.79 Å². The third-order valence-corrected chi connectivity index (χ3v) is 5.02. The zero-order valence-electron chi connectivity index (χ0n) is 14.4. The molecule has 27 heavy (non-hydrogen) atoms. The lowest BCUT2D eigenvalue weighted by Crippen LogP contribution is -2.51. The molecule has 1 fully saturated rings. The Hall–Kier alpha value is -2.51. The van der Waals surface area contributed by atoms with E-state index in [9.17, 15) is 14.9 Å². The van der Waals surface area contributed by atoms with Crippen LogP contribution in [0.1, 0.15) is 5.56 Å². The van der Waals surface area contributed by atoms with Crippen LogP contribution in [0.3, 0.4) is 0 Å². The fourth-order valence-electron chi connectivity index (χ4n) is 2.90. The molecule has 2 aromatic carbocycles. The summed E-state index contributed by atoms with van der Waals surface area (Å²) in [7, 11) is 0. The number of piperazine rings is 1.